The number of fused-ring (bicyclic) bond motifs is 2. The third kappa shape index (κ3) is 3.79. The van der Waals surface area contributed by atoms with Crippen LogP contribution < -0.4 is 10.2 Å². The van der Waals surface area contributed by atoms with Crippen molar-refractivity contribution in [2.24, 2.45) is 0 Å². The molecule has 27 heavy (non-hydrogen) atoms. The lowest BCUT2D eigenvalue weighted by Gasteiger charge is -2.13. The van der Waals surface area contributed by atoms with Gasteiger partial charge in [0.05, 0.1) is 22.9 Å². The molecule has 142 valence electrons. The van der Waals surface area contributed by atoms with E-state index in [-0.39, 0.29) is 32.9 Å². The van der Waals surface area contributed by atoms with Crippen LogP contribution in [0.2, 0.25) is 0 Å². The molecule has 1 unspecified atom stereocenters. The van der Waals surface area contributed by atoms with E-state index in [2.05, 4.69) is 0 Å². The van der Waals surface area contributed by atoms with E-state index in [0.29, 0.717) is 23.0 Å². The van der Waals surface area contributed by atoms with Crippen LogP contribution in [-0.2, 0) is 11.2 Å². The molecule has 7 heteroatoms. The van der Waals surface area contributed by atoms with Gasteiger partial charge in [-0.2, -0.15) is 0 Å². The monoisotopic (exact) mass is 388 g/mol. The maximum absolute atomic E-state index is 13.0. The number of ether oxygens (including phenoxy) is 1. The van der Waals surface area contributed by atoms with E-state index < -0.39 is 17.1 Å². The van der Waals surface area contributed by atoms with Gasteiger partial charge in [0.1, 0.15) is 11.3 Å². The van der Waals surface area contributed by atoms with Gasteiger partial charge >= 0.3 is 5.97 Å². The molecule has 0 fully saturated rings. The standard InChI is InChI=1S/C20H20O6S/c1-3-7-25-17-11-13(27(24)8-4-2)10-15-18(21)14-9-12(20(22)23)5-6-16(14)26-19(15)17/h5-6,9-11H,3-4,7-8H2,1-2H3,(H,22,23). The molecule has 1 heterocycles. The van der Waals surface area contributed by atoms with Crippen molar-refractivity contribution in [2.75, 3.05) is 12.4 Å². The second-order valence-corrected chi connectivity index (χ2v) is 7.71. The number of carboxylic acid groups (broad SMARTS) is 1. The number of hydrogen-bond donors (Lipinski definition) is 1. The van der Waals surface area contributed by atoms with E-state index >= 15 is 0 Å². The van der Waals surface area contributed by atoms with Gasteiger partial charge in [-0.1, -0.05) is 13.8 Å². The minimum atomic E-state index is -1.26. The molecule has 3 rings (SSSR count). The highest BCUT2D eigenvalue weighted by Crippen LogP contribution is 2.31. The normalized spacial score (nSPS) is 12.4. The van der Waals surface area contributed by atoms with Crippen molar-refractivity contribution in [1.29, 1.82) is 0 Å². The van der Waals surface area contributed by atoms with Crippen molar-refractivity contribution < 1.29 is 23.6 Å². The van der Waals surface area contributed by atoms with Gasteiger partial charge in [0.2, 0.25) is 5.43 Å². The summed E-state index contributed by atoms with van der Waals surface area (Å²) in [6.07, 6.45) is 1.51. The molecule has 0 amide bonds. The molecule has 1 N–H and O–H groups in total. The number of hydrogen-bond acceptors (Lipinski definition) is 5. The third-order valence-electron chi connectivity index (χ3n) is 4.07. The number of aromatic carboxylic acids is 1. The van der Waals surface area contributed by atoms with Crippen molar-refractivity contribution in [2.45, 2.75) is 31.6 Å². The van der Waals surface area contributed by atoms with Gasteiger partial charge in [-0.15, -0.1) is 0 Å². The van der Waals surface area contributed by atoms with Crippen molar-refractivity contribution in [3.05, 3.63) is 46.1 Å². The molecule has 2 aromatic carbocycles. The molecule has 0 aliphatic rings. The summed E-state index contributed by atoms with van der Waals surface area (Å²) in [7, 11) is 0. The zero-order valence-corrected chi connectivity index (χ0v) is 15.9. The summed E-state index contributed by atoms with van der Waals surface area (Å²) in [5.74, 6) is -0.280. The van der Waals surface area contributed by atoms with Crippen LogP contribution in [0.15, 0.2) is 44.4 Å². The molecule has 0 spiro atoms. The van der Waals surface area contributed by atoms with Crippen LogP contribution in [0.5, 0.6) is 5.75 Å². The number of benzene rings is 2. The van der Waals surface area contributed by atoms with E-state index in [4.69, 9.17) is 9.15 Å². The van der Waals surface area contributed by atoms with Gasteiger partial charge < -0.3 is 18.8 Å². The third-order valence-corrected chi connectivity index (χ3v) is 5.61. The quantitative estimate of drug-likeness (QED) is 0.486. The summed E-state index contributed by atoms with van der Waals surface area (Å²) >= 11 is -1.26. The van der Waals surface area contributed by atoms with Gasteiger partial charge in [0, 0.05) is 12.1 Å². The number of rotatable bonds is 7. The zero-order chi connectivity index (χ0) is 19.6. The average Bonchev–Trinajstić information content (AvgIpc) is 2.66. The predicted molar refractivity (Wildman–Crippen MR) is 104 cm³/mol. The highest BCUT2D eigenvalue weighted by Gasteiger charge is 2.20. The van der Waals surface area contributed by atoms with Gasteiger partial charge in [-0.25, -0.2) is 4.79 Å². The van der Waals surface area contributed by atoms with Gasteiger partial charge in [-0.3, -0.25) is 4.79 Å². The maximum atomic E-state index is 13.0. The Balaban J connectivity index is 2.31. The summed E-state index contributed by atoms with van der Waals surface area (Å²) in [5.41, 5.74) is 0.191. The molecule has 0 bridgehead atoms. The number of carboxylic acids is 1. The fraction of sp³-hybridized carbons (Fsp3) is 0.300. The highest BCUT2D eigenvalue weighted by atomic mass is 32.2. The van der Waals surface area contributed by atoms with Crippen molar-refractivity contribution in [1.82, 2.24) is 0 Å². The molecular formula is C20H20O6S. The Bertz CT molecular complexity index is 1060. The Hall–Kier alpha value is -2.51. The van der Waals surface area contributed by atoms with Crippen LogP contribution in [0.25, 0.3) is 21.9 Å². The van der Waals surface area contributed by atoms with Crippen LogP contribution in [-0.4, -0.2) is 28.0 Å². The van der Waals surface area contributed by atoms with Crippen molar-refractivity contribution in [3.63, 3.8) is 0 Å². The lowest BCUT2D eigenvalue weighted by Crippen LogP contribution is -2.10. The van der Waals surface area contributed by atoms with Crippen LogP contribution in [0.3, 0.4) is 0 Å². The second-order valence-electron chi connectivity index (χ2n) is 6.14. The SMILES string of the molecule is CCCOc1cc([S+]([O-])CCC)cc2c(=O)c3cc(C(=O)O)ccc3oc12. The summed E-state index contributed by atoms with van der Waals surface area (Å²) in [6.45, 7) is 4.32. The first-order valence-corrected chi connectivity index (χ1v) is 10.1. The van der Waals surface area contributed by atoms with Crippen molar-refractivity contribution >= 4 is 39.1 Å². The van der Waals surface area contributed by atoms with Crippen LogP contribution >= 0.6 is 0 Å². The van der Waals surface area contributed by atoms with Crippen LogP contribution in [0.4, 0.5) is 0 Å². The summed E-state index contributed by atoms with van der Waals surface area (Å²) in [6, 6.07) is 7.36. The molecular weight excluding hydrogens is 368 g/mol. The smallest absolute Gasteiger partial charge is 0.335 e. The van der Waals surface area contributed by atoms with Crippen LogP contribution in [0, 0.1) is 0 Å². The lowest BCUT2D eigenvalue weighted by molar-refractivity contribution is 0.0697. The van der Waals surface area contributed by atoms with E-state index in [9.17, 15) is 19.2 Å². The second kappa shape index (κ2) is 8.02. The molecule has 6 nitrogen and oxygen atoms in total. The van der Waals surface area contributed by atoms with Gasteiger partial charge in [-0.05, 0) is 42.2 Å². The van der Waals surface area contributed by atoms with E-state index in [0.717, 1.165) is 12.8 Å². The van der Waals surface area contributed by atoms with Crippen molar-refractivity contribution in [3.8, 4) is 5.75 Å². The largest absolute Gasteiger partial charge is 0.611 e. The Morgan fingerprint density at radius 2 is 1.96 bits per heavy atom. The van der Waals surface area contributed by atoms with Gasteiger partial charge in [0.15, 0.2) is 16.2 Å². The summed E-state index contributed by atoms with van der Waals surface area (Å²) < 4.78 is 24.1. The van der Waals surface area contributed by atoms with Crippen LogP contribution in [0.1, 0.15) is 37.0 Å². The van der Waals surface area contributed by atoms with E-state index in [1.54, 1.807) is 12.1 Å². The van der Waals surface area contributed by atoms with Gasteiger partial charge in [0.25, 0.3) is 0 Å². The highest BCUT2D eigenvalue weighted by molar-refractivity contribution is 7.91. The average molecular weight is 388 g/mol. The topological polar surface area (TPSA) is 99.8 Å². The summed E-state index contributed by atoms with van der Waals surface area (Å²) in [4.78, 5) is 24.7. The Morgan fingerprint density at radius 3 is 2.63 bits per heavy atom. The fourth-order valence-corrected chi connectivity index (χ4v) is 3.88. The molecule has 0 aliphatic carbocycles. The Morgan fingerprint density at radius 1 is 1.19 bits per heavy atom. The predicted octanol–water partition coefficient (Wildman–Crippen LogP) is 3.95. The fourth-order valence-electron chi connectivity index (χ4n) is 2.79. The molecule has 0 aliphatic heterocycles. The first kappa shape index (κ1) is 19.3. The molecule has 0 saturated heterocycles. The Labute approximate surface area is 158 Å². The molecule has 3 aromatic rings. The van der Waals surface area contributed by atoms with E-state index in [1.165, 1.54) is 18.2 Å². The maximum Gasteiger partial charge on any atom is 0.335 e. The molecule has 1 aromatic heterocycles. The summed E-state index contributed by atoms with van der Waals surface area (Å²) in [5, 5.41) is 9.58. The van der Waals surface area contributed by atoms with E-state index in [1.807, 2.05) is 13.8 Å². The molecule has 0 saturated carbocycles. The minimum Gasteiger partial charge on any atom is -0.611 e. The first-order chi connectivity index (χ1) is 13.0. The molecule has 0 radical (unpaired) electrons. The number of carbonyl (C=O) groups is 1. The Kier molecular flexibility index (Phi) is 5.72. The first-order valence-electron chi connectivity index (χ1n) is 8.75. The molecule has 1 atom stereocenters. The lowest BCUT2D eigenvalue weighted by atomic mass is 10.1. The zero-order valence-electron chi connectivity index (χ0n) is 15.1. The minimum absolute atomic E-state index is 0.00215.